The topological polar surface area (TPSA) is 101 Å². The molecular formula is C19H24N4O4S. The second-order valence-electron chi connectivity index (χ2n) is 6.14. The maximum Gasteiger partial charge on any atom is 0.240 e. The summed E-state index contributed by atoms with van der Waals surface area (Å²) in [5.74, 6) is 2.24. The Bertz CT molecular complexity index is 943. The zero-order valence-corrected chi connectivity index (χ0v) is 16.7. The molecule has 8 nitrogen and oxygen atoms in total. The van der Waals surface area contributed by atoms with Gasteiger partial charge < -0.3 is 20.1 Å². The van der Waals surface area contributed by atoms with Crippen LogP contribution in [0.25, 0.3) is 0 Å². The fourth-order valence-corrected chi connectivity index (χ4v) is 3.46. The molecule has 2 aromatic carbocycles. The molecule has 0 aromatic heterocycles. The van der Waals surface area contributed by atoms with E-state index in [1.165, 1.54) is 7.05 Å². The van der Waals surface area contributed by atoms with Crippen LogP contribution in [0.1, 0.15) is 11.1 Å². The van der Waals surface area contributed by atoms with Crippen LogP contribution in [-0.2, 0) is 23.0 Å². The van der Waals surface area contributed by atoms with Crippen molar-refractivity contribution >= 4 is 16.0 Å². The van der Waals surface area contributed by atoms with Crippen LogP contribution in [0.5, 0.6) is 11.5 Å². The van der Waals surface area contributed by atoms with Crippen molar-refractivity contribution in [3.8, 4) is 11.5 Å². The number of rotatable bonds is 7. The van der Waals surface area contributed by atoms with Gasteiger partial charge in [0, 0.05) is 20.1 Å². The molecule has 9 heteroatoms. The molecule has 1 aliphatic rings. The Kier molecular flexibility index (Phi) is 6.37. The van der Waals surface area contributed by atoms with Crippen molar-refractivity contribution in [1.82, 2.24) is 15.4 Å². The number of nitrogens with zero attached hydrogens (tertiary/aromatic N) is 1. The van der Waals surface area contributed by atoms with E-state index in [1.807, 2.05) is 18.2 Å². The largest absolute Gasteiger partial charge is 0.454 e. The zero-order valence-electron chi connectivity index (χ0n) is 15.9. The quantitative estimate of drug-likeness (QED) is 0.474. The number of sulfonamides is 1. The van der Waals surface area contributed by atoms with Gasteiger partial charge in [-0.2, -0.15) is 0 Å². The summed E-state index contributed by atoms with van der Waals surface area (Å²) in [4.78, 5) is 4.45. The molecule has 0 radical (unpaired) electrons. The summed E-state index contributed by atoms with van der Waals surface area (Å²) >= 11 is 0. The van der Waals surface area contributed by atoms with Crippen molar-refractivity contribution in [1.29, 1.82) is 0 Å². The molecular weight excluding hydrogens is 380 g/mol. The molecule has 1 heterocycles. The fourth-order valence-electron chi connectivity index (χ4n) is 2.73. The number of hydrogen-bond acceptors (Lipinski definition) is 5. The summed E-state index contributed by atoms with van der Waals surface area (Å²) in [7, 11) is -0.317. The minimum atomic E-state index is -3.42. The van der Waals surface area contributed by atoms with E-state index in [2.05, 4.69) is 20.3 Å². The molecule has 0 saturated carbocycles. The maximum absolute atomic E-state index is 11.8. The molecule has 2 aromatic rings. The average Bonchev–Trinajstić information content (AvgIpc) is 3.18. The molecule has 1 aliphatic heterocycles. The third kappa shape index (κ3) is 4.93. The number of fused-ring (bicyclic) bond motifs is 1. The highest BCUT2D eigenvalue weighted by atomic mass is 32.2. The van der Waals surface area contributed by atoms with Crippen LogP contribution in [-0.4, -0.2) is 41.8 Å². The minimum Gasteiger partial charge on any atom is -0.454 e. The monoisotopic (exact) mass is 404 g/mol. The van der Waals surface area contributed by atoms with Gasteiger partial charge in [-0.05, 0) is 48.9 Å². The Morgan fingerprint density at radius 3 is 2.46 bits per heavy atom. The van der Waals surface area contributed by atoms with Crippen LogP contribution >= 0.6 is 0 Å². The van der Waals surface area contributed by atoms with E-state index in [4.69, 9.17) is 9.47 Å². The molecule has 3 N–H and O–H groups in total. The summed E-state index contributed by atoms with van der Waals surface area (Å²) in [6.07, 6.45) is 0.813. The van der Waals surface area contributed by atoms with Crippen molar-refractivity contribution in [2.45, 2.75) is 17.9 Å². The van der Waals surface area contributed by atoms with Crippen molar-refractivity contribution in [3.63, 3.8) is 0 Å². The first-order chi connectivity index (χ1) is 13.5. The zero-order chi connectivity index (χ0) is 20.0. The molecule has 0 bridgehead atoms. The molecule has 0 spiro atoms. The second kappa shape index (κ2) is 8.94. The van der Waals surface area contributed by atoms with E-state index in [0.29, 0.717) is 19.0 Å². The summed E-state index contributed by atoms with van der Waals surface area (Å²) in [6, 6.07) is 12.6. The number of benzene rings is 2. The van der Waals surface area contributed by atoms with Crippen LogP contribution in [0.2, 0.25) is 0 Å². The Balaban J connectivity index is 1.47. The molecule has 0 fully saturated rings. The van der Waals surface area contributed by atoms with E-state index in [9.17, 15) is 8.42 Å². The van der Waals surface area contributed by atoms with E-state index in [1.54, 1.807) is 31.3 Å². The number of hydrogen-bond donors (Lipinski definition) is 3. The minimum absolute atomic E-state index is 0.241. The van der Waals surface area contributed by atoms with Crippen molar-refractivity contribution in [2.24, 2.45) is 4.99 Å². The lowest BCUT2D eigenvalue weighted by Gasteiger charge is -2.12. The Morgan fingerprint density at radius 2 is 1.75 bits per heavy atom. The van der Waals surface area contributed by atoms with E-state index in [-0.39, 0.29) is 11.7 Å². The number of aliphatic imine (C=N–C) groups is 1. The first-order valence-corrected chi connectivity index (χ1v) is 10.4. The Labute approximate surface area is 165 Å². The van der Waals surface area contributed by atoms with Gasteiger partial charge in [-0.25, -0.2) is 13.1 Å². The lowest BCUT2D eigenvalue weighted by Crippen LogP contribution is -2.37. The summed E-state index contributed by atoms with van der Waals surface area (Å²) in [5, 5.41) is 6.48. The van der Waals surface area contributed by atoms with Gasteiger partial charge in [-0.1, -0.05) is 18.2 Å². The predicted octanol–water partition coefficient (Wildman–Crippen LogP) is 1.23. The average molecular weight is 404 g/mol. The molecule has 0 saturated heterocycles. The van der Waals surface area contributed by atoms with Crippen LogP contribution in [0.4, 0.5) is 0 Å². The molecule has 0 aliphatic carbocycles. The maximum atomic E-state index is 11.8. The highest BCUT2D eigenvalue weighted by Crippen LogP contribution is 2.32. The second-order valence-corrected chi connectivity index (χ2v) is 8.03. The van der Waals surface area contributed by atoms with E-state index < -0.39 is 10.0 Å². The fraction of sp³-hybridized carbons (Fsp3) is 0.316. The molecule has 0 amide bonds. The number of guanidine groups is 1. The summed E-state index contributed by atoms with van der Waals surface area (Å²) in [5.41, 5.74) is 2.10. The van der Waals surface area contributed by atoms with Crippen molar-refractivity contribution in [2.75, 3.05) is 27.4 Å². The number of ether oxygens (including phenoxy) is 2. The smallest absolute Gasteiger partial charge is 0.240 e. The normalized spacial score (nSPS) is 13.4. The molecule has 0 atom stereocenters. The van der Waals surface area contributed by atoms with Crippen molar-refractivity contribution in [3.05, 3.63) is 53.6 Å². The van der Waals surface area contributed by atoms with Crippen LogP contribution in [0, 0.1) is 0 Å². The van der Waals surface area contributed by atoms with Gasteiger partial charge in [-0.15, -0.1) is 0 Å². The summed E-state index contributed by atoms with van der Waals surface area (Å²) < 4.78 is 36.5. The lowest BCUT2D eigenvalue weighted by atomic mass is 10.1. The van der Waals surface area contributed by atoms with Gasteiger partial charge in [0.25, 0.3) is 0 Å². The molecule has 28 heavy (non-hydrogen) atoms. The first-order valence-electron chi connectivity index (χ1n) is 8.87. The molecule has 3 rings (SSSR count). The van der Waals surface area contributed by atoms with E-state index >= 15 is 0 Å². The molecule has 0 unspecified atom stereocenters. The highest BCUT2D eigenvalue weighted by Gasteiger charge is 2.13. The SMILES string of the molecule is CN=C(NCCc1ccc2c(c1)OCO2)NCc1ccc(S(=O)(=O)NC)cc1. The molecule has 150 valence electrons. The van der Waals surface area contributed by atoms with Crippen LogP contribution in [0.3, 0.4) is 0 Å². The van der Waals surface area contributed by atoms with Gasteiger partial charge in [0.05, 0.1) is 4.90 Å². The summed E-state index contributed by atoms with van der Waals surface area (Å²) in [6.45, 7) is 1.51. The van der Waals surface area contributed by atoms with Gasteiger partial charge in [0.15, 0.2) is 17.5 Å². The number of nitrogens with one attached hydrogen (secondary N) is 3. The van der Waals surface area contributed by atoms with Crippen LogP contribution in [0.15, 0.2) is 52.4 Å². The highest BCUT2D eigenvalue weighted by molar-refractivity contribution is 7.89. The predicted molar refractivity (Wildman–Crippen MR) is 107 cm³/mol. The first kappa shape index (κ1) is 20.0. The lowest BCUT2D eigenvalue weighted by molar-refractivity contribution is 0.174. The van der Waals surface area contributed by atoms with E-state index in [0.717, 1.165) is 29.0 Å². The Morgan fingerprint density at radius 1 is 1.04 bits per heavy atom. The van der Waals surface area contributed by atoms with Crippen LogP contribution < -0.4 is 24.8 Å². The third-order valence-corrected chi connectivity index (χ3v) is 5.76. The van der Waals surface area contributed by atoms with Gasteiger partial charge in [0.2, 0.25) is 16.8 Å². The van der Waals surface area contributed by atoms with Gasteiger partial charge in [-0.3, -0.25) is 4.99 Å². The Hall–Kier alpha value is -2.78. The standard InChI is InChI=1S/C19H24N4O4S/c1-20-19(22-10-9-14-5-8-17-18(11-14)27-13-26-17)23-12-15-3-6-16(7-4-15)28(24,25)21-2/h3-8,11,21H,9-10,12-13H2,1-2H3,(H2,20,22,23). The van der Waals surface area contributed by atoms with Gasteiger partial charge >= 0.3 is 0 Å². The third-order valence-electron chi connectivity index (χ3n) is 4.33. The van der Waals surface area contributed by atoms with Gasteiger partial charge in [0.1, 0.15) is 0 Å². The van der Waals surface area contributed by atoms with Crippen molar-refractivity contribution < 1.29 is 17.9 Å².